The maximum absolute atomic E-state index is 13.7. The molecule has 0 bridgehead atoms. The minimum atomic E-state index is -1.53. The van der Waals surface area contributed by atoms with Crippen LogP contribution in [0.5, 0.6) is 0 Å². The van der Waals surface area contributed by atoms with Gasteiger partial charge in [-0.25, -0.2) is 22.6 Å². The van der Waals surface area contributed by atoms with E-state index in [9.17, 15) is 17.6 Å². The third kappa shape index (κ3) is 3.87. The van der Waals surface area contributed by atoms with Crippen LogP contribution >= 0.6 is 0 Å². The number of nitrogens with one attached hydrogen (secondary N) is 1. The number of nitrogens with zero attached hydrogens (tertiary/aromatic N) is 2. The third-order valence-corrected chi connectivity index (χ3v) is 3.98. The number of halogens is 4. The molecule has 3 nitrogen and oxygen atoms in total. The lowest BCUT2D eigenvalue weighted by Gasteiger charge is -2.27. The van der Waals surface area contributed by atoms with E-state index in [1.165, 1.54) is 11.1 Å². The number of hydrogen-bond donors (Lipinski definition) is 1. The Balaban J connectivity index is 1.87. The van der Waals surface area contributed by atoms with Crippen molar-refractivity contribution < 1.29 is 17.6 Å². The van der Waals surface area contributed by atoms with Gasteiger partial charge in [-0.3, -0.25) is 0 Å². The largest absolute Gasteiger partial charge is 0.326 e. The highest BCUT2D eigenvalue weighted by atomic mass is 19.2. The molecule has 2 aromatic rings. The van der Waals surface area contributed by atoms with E-state index in [0.29, 0.717) is 5.96 Å². The van der Waals surface area contributed by atoms with Gasteiger partial charge in [0.2, 0.25) is 5.96 Å². The molecule has 1 heterocycles. The first-order valence-corrected chi connectivity index (χ1v) is 7.98. The van der Waals surface area contributed by atoms with Gasteiger partial charge in [-0.05, 0) is 48.7 Å². The van der Waals surface area contributed by atoms with E-state index >= 15 is 0 Å². The Labute approximate surface area is 148 Å². The zero-order chi connectivity index (χ0) is 18.8. The smallest absolute Gasteiger partial charge is 0.203 e. The Bertz CT molecular complexity index is 883. The van der Waals surface area contributed by atoms with Crippen LogP contribution in [-0.2, 0) is 6.54 Å². The van der Waals surface area contributed by atoms with Gasteiger partial charge in [0.05, 0.1) is 13.1 Å². The number of guanidine groups is 1. The molecule has 1 aliphatic heterocycles. The number of hydrogen-bond acceptors (Lipinski definition) is 3. The highest BCUT2D eigenvalue weighted by molar-refractivity contribution is 5.95. The van der Waals surface area contributed by atoms with Gasteiger partial charge >= 0.3 is 0 Å². The van der Waals surface area contributed by atoms with Crippen molar-refractivity contribution in [2.75, 3.05) is 11.9 Å². The fourth-order valence-electron chi connectivity index (χ4n) is 2.63. The van der Waals surface area contributed by atoms with Crippen molar-refractivity contribution in [1.29, 1.82) is 0 Å². The Morgan fingerprint density at radius 2 is 1.73 bits per heavy atom. The van der Waals surface area contributed by atoms with Gasteiger partial charge in [0, 0.05) is 11.9 Å². The number of benzene rings is 2. The van der Waals surface area contributed by atoms with Crippen LogP contribution in [0, 0.1) is 31.3 Å². The highest BCUT2D eigenvalue weighted by Crippen LogP contribution is 2.21. The second-order valence-electron chi connectivity index (χ2n) is 6.16. The summed E-state index contributed by atoms with van der Waals surface area (Å²) in [7, 11) is 0. The molecule has 7 heteroatoms. The summed E-state index contributed by atoms with van der Waals surface area (Å²) in [5.41, 5.74) is 2.95. The van der Waals surface area contributed by atoms with Crippen molar-refractivity contribution >= 4 is 11.6 Å². The van der Waals surface area contributed by atoms with E-state index in [1.54, 1.807) is 0 Å². The maximum atomic E-state index is 13.7. The molecule has 0 unspecified atom stereocenters. The molecule has 0 saturated heterocycles. The van der Waals surface area contributed by atoms with Crippen LogP contribution in [0.15, 0.2) is 47.4 Å². The first-order chi connectivity index (χ1) is 12.3. The number of anilines is 1. The van der Waals surface area contributed by atoms with Gasteiger partial charge in [-0.15, -0.1) is 0 Å². The van der Waals surface area contributed by atoms with Crippen LogP contribution in [0.3, 0.4) is 0 Å². The summed E-state index contributed by atoms with van der Waals surface area (Å²) in [6, 6.07) is 7.59. The fraction of sp³-hybridized carbons (Fsp3) is 0.211. The first kappa shape index (κ1) is 18.0. The average Bonchev–Trinajstić information content (AvgIpc) is 2.58. The summed E-state index contributed by atoms with van der Waals surface area (Å²) in [5, 5.41) is 3.12. The van der Waals surface area contributed by atoms with Gasteiger partial charge in [0.15, 0.2) is 17.5 Å². The molecule has 0 aromatic heterocycles. The molecule has 26 heavy (non-hydrogen) atoms. The second kappa shape index (κ2) is 7.19. The second-order valence-corrected chi connectivity index (χ2v) is 6.16. The summed E-state index contributed by atoms with van der Waals surface area (Å²) in [6.45, 7) is 3.65. The van der Waals surface area contributed by atoms with E-state index in [-0.39, 0.29) is 18.7 Å². The topological polar surface area (TPSA) is 27.6 Å². The van der Waals surface area contributed by atoms with Gasteiger partial charge in [-0.2, -0.15) is 0 Å². The quantitative estimate of drug-likeness (QED) is 0.626. The Morgan fingerprint density at radius 3 is 2.42 bits per heavy atom. The molecular weight excluding hydrogens is 346 g/mol. The van der Waals surface area contributed by atoms with Crippen molar-refractivity contribution in [3.63, 3.8) is 0 Å². The Morgan fingerprint density at radius 1 is 1.04 bits per heavy atom. The molecule has 136 valence electrons. The van der Waals surface area contributed by atoms with Crippen molar-refractivity contribution in [3.05, 3.63) is 76.5 Å². The molecule has 3 rings (SSSR count). The average molecular weight is 363 g/mol. The molecule has 0 spiro atoms. The van der Waals surface area contributed by atoms with Crippen LogP contribution in [-0.4, -0.2) is 17.4 Å². The minimum Gasteiger partial charge on any atom is -0.326 e. The zero-order valence-electron chi connectivity index (χ0n) is 14.3. The molecule has 0 aliphatic carbocycles. The normalized spacial score (nSPS) is 14.2. The molecular formula is C19H17F4N3. The summed E-state index contributed by atoms with van der Waals surface area (Å²) in [6.07, 6.45) is 1.21. The summed E-state index contributed by atoms with van der Waals surface area (Å²) < 4.78 is 53.7. The van der Waals surface area contributed by atoms with Crippen LogP contribution < -0.4 is 5.32 Å². The van der Waals surface area contributed by atoms with Crippen molar-refractivity contribution in [1.82, 2.24) is 4.90 Å². The lowest BCUT2D eigenvalue weighted by atomic mass is 10.1. The molecule has 0 fully saturated rings. The number of rotatable bonds is 3. The summed E-state index contributed by atoms with van der Waals surface area (Å²) in [5.74, 6) is -4.26. The van der Waals surface area contributed by atoms with Crippen molar-refractivity contribution in [3.8, 4) is 0 Å². The summed E-state index contributed by atoms with van der Waals surface area (Å²) in [4.78, 5) is 5.54. The predicted octanol–water partition coefficient (Wildman–Crippen LogP) is 4.82. The van der Waals surface area contributed by atoms with E-state index < -0.39 is 23.3 Å². The molecule has 0 saturated carbocycles. The van der Waals surface area contributed by atoms with Crippen molar-refractivity contribution in [2.24, 2.45) is 4.99 Å². The SMILES string of the molecule is Cc1ccc(C)c(NC2=NCC(F)=CN2Cc2cc(F)c(F)c(F)c2)c1. The lowest BCUT2D eigenvalue weighted by Crippen LogP contribution is -2.35. The van der Waals surface area contributed by atoms with E-state index in [1.807, 2.05) is 32.0 Å². The number of aryl methyl sites for hydroxylation is 2. The number of aliphatic imine (C=N–C) groups is 1. The van der Waals surface area contributed by atoms with E-state index in [0.717, 1.165) is 28.9 Å². The summed E-state index contributed by atoms with van der Waals surface area (Å²) >= 11 is 0. The Hall–Kier alpha value is -2.83. The maximum Gasteiger partial charge on any atom is 0.203 e. The first-order valence-electron chi connectivity index (χ1n) is 7.98. The standard InChI is InChI=1S/C19H17F4N3/c1-11-3-4-12(2)17(5-11)25-19-24-8-14(20)10-26(19)9-13-6-15(21)18(23)16(22)7-13/h3-7,10H,8-9H2,1-2H3,(H,24,25). The van der Waals surface area contributed by atoms with Crippen LogP contribution in [0.25, 0.3) is 0 Å². The molecule has 2 aromatic carbocycles. The van der Waals surface area contributed by atoms with Crippen LogP contribution in [0.1, 0.15) is 16.7 Å². The molecule has 0 radical (unpaired) electrons. The molecule has 0 amide bonds. The third-order valence-electron chi connectivity index (χ3n) is 3.98. The monoisotopic (exact) mass is 363 g/mol. The predicted molar refractivity (Wildman–Crippen MR) is 92.9 cm³/mol. The Kier molecular flexibility index (Phi) is 4.97. The van der Waals surface area contributed by atoms with Gasteiger partial charge < -0.3 is 10.2 Å². The van der Waals surface area contributed by atoms with Crippen molar-refractivity contribution in [2.45, 2.75) is 20.4 Å². The van der Waals surface area contributed by atoms with Crippen LogP contribution in [0.2, 0.25) is 0 Å². The highest BCUT2D eigenvalue weighted by Gasteiger charge is 2.19. The lowest BCUT2D eigenvalue weighted by molar-refractivity contribution is 0.438. The molecule has 0 atom stereocenters. The van der Waals surface area contributed by atoms with Gasteiger partial charge in [0.25, 0.3) is 0 Å². The van der Waals surface area contributed by atoms with E-state index in [4.69, 9.17) is 0 Å². The van der Waals surface area contributed by atoms with E-state index in [2.05, 4.69) is 10.3 Å². The minimum absolute atomic E-state index is 0.0712. The fourth-order valence-corrected chi connectivity index (χ4v) is 2.63. The van der Waals surface area contributed by atoms with Gasteiger partial charge in [0.1, 0.15) is 5.83 Å². The van der Waals surface area contributed by atoms with Crippen LogP contribution in [0.4, 0.5) is 23.2 Å². The zero-order valence-corrected chi connectivity index (χ0v) is 14.3. The molecule has 1 aliphatic rings. The van der Waals surface area contributed by atoms with Gasteiger partial charge in [-0.1, -0.05) is 12.1 Å². The molecule has 1 N–H and O–H groups in total.